The van der Waals surface area contributed by atoms with Crippen molar-refractivity contribution in [2.75, 3.05) is 19.6 Å². The molecule has 0 radical (unpaired) electrons. The molecule has 18 heavy (non-hydrogen) atoms. The summed E-state index contributed by atoms with van der Waals surface area (Å²) in [6.07, 6.45) is 1.83. The van der Waals surface area contributed by atoms with Crippen LogP contribution in [-0.4, -0.2) is 30.4 Å². The summed E-state index contributed by atoms with van der Waals surface area (Å²) in [7, 11) is 0. The summed E-state index contributed by atoms with van der Waals surface area (Å²) in [6.45, 7) is 1.60. The Morgan fingerprint density at radius 1 is 1.44 bits per heavy atom. The second-order valence-electron chi connectivity index (χ2n) is 4.62. The Kier molecular flexibility index (Phi) is 3.91. The van der Waals surface area contributed by atoms with Crippen LogP contribution in [-0.2, 0) is 0 Å². The second-order valence-corrected chi connectivity index (χ2v) is 4.62. The second kappa shape index (κ2) is 5.44. The third-order valence-corrected chi connectivity index (χ3v) is 3.30. The predicted molar refractivity (Wildman–Crippen MR) is 64.0 cm³/mol. The highest BCUT2D eigenvalue weighted by Gasteiger charge is 2.25. The number of nitrogens with zero attached hydrogens (tertiary/aromatic N) is 1. The fourth-order valence-corrected chi connectivity index (χ4v) is 2.27. The van der Waals surface area contributed by atoms with Crippen LogP contribution in [0.15, 0.2) is 18.2 Å². The van der Waals surface area contributed by atoms with Crippen LogP contribution in [0.4, 0.5) is 8.78 Å². The molecule has 0 bridgehead atoms. The van der Waals surface area contributed by atoms with Crippen molar-refractivity contribution in [3.05, 3.63) is 35.4 Å². The molecule has 1 saturated heterocycles. The van der Waals surface area contributed by atoms with Crippen LogP contribution in [0.3, 0.4) is 0 Å². The normalized spacial score (nSPS) is 19.9. The lowest BCUT2D eigenvalue weighted by atomic mass is 9.97. The molecule has 3 nitrogen and oxygen atoms in total. The van der Waals surface area contributed by atoms with Crippen molar-refractivity contribution in [3.8, 4) is 0 Å². The number of amides is 1. The van der Waals surface area contributed by atoms with Gasteiger partial charge in [0.1, 0.15) is 11.6 Å². The van der Waals surface area contributed by atoms with Gasteiger partial charge in [-0.1, -0.05) is 0 Å². The topological polar surface area (TPSA) is 46.3 Å². The van der Waals surface area contributed by atoms with Gasteiger partial charge < -0.3 is 10.6 Å². The average Bonchev–Trinajstić information content (AvgIpc) is 2.41. The summed E-state index contributed by atoms with van der Waals surface area (Å²) in [5, 5.41) is 0. The molecule has 1 amide bonds. The van der Waals surface area contributed by atoms with Gasteiger partial charge in [-0.25, -0.2) is 8.78 Å². The van der Waals surface area contributed by atoms with Gasteiger partial charge in [0.05, 0.1) is 5.56 Å². The quantitative estimate of drug-likeness (QED) is 0.874. The minimum atomic E-state index is -0.684. The number of rotatable bonds is 2. The first-order chi connectivity index (χ1) is 8.61. The van der Waals surface area contributed by atoms with E-state index in [0.717, 1.165) is 31.0 Å². The average molecular weight is 254 g/mol. The van der Waals surface area contributed by atoms with Gasteiger partial charge in [0, 0.05) is 13.1 Å². The van der Waals surface area contributed by atoms with Crippen molar-refractivity contribution in [2.45, 2.75) is 12.8 Å². The highest BCUT2D eigenvalue weighted by Crippen LogP contribution is 2.19. The zero-order chi connectivity index (χ0) is 13.1. The van der Waals surface area contributed by atoms with E-state index >= 15 is 0 Å². The summed E-state index contributed by atoms with van der Waals surface area (Å²) in [4.78, 5) is 13.7. The lowest BCUT2D eigenvalue weighted by Gasteiger charge is -2.32. The van der Waals surface area contributed by atoms with Gasteiger partial charge in [-0.05, 0) is 43.5 Å². The molecule has 2 rings (SSSR count). The molecule has 1 aliphatic rings. The van der Waals surface area contributed by atoms with E-state index in [-0.39, 0.29) is 11.5 Å². The Morgan fingerprint density at radius 3 is 2.94 bits per heavy atom. The van der Waals surface area contributed by atoms with Crippen LogP contribution < -0.4 is 5.73 Å². The Morgan fingerprint density at radius 2 is 2.22 bits per heavy atom. The number of hydrogen-bond acceptors (Lipinski definition) is 2. The fraction of sp³-hybridized carbons (Fsp3) is 0.462. The molecule has 0 saturated carbocycles. The van der Waals surface area contributed by atoms with Gasteiger partial charge in [0.15, 0.2) is 0 Å². The van der Waals surface area contributed by atoms with Crippen LogP contribution in [0.5, 0.6) is 0 Å². The van der Waals surface area contributed by atoms with Crippen LogP contribution >= 0.6 is 0 Å². The summed E-state index contributed by atoms with van der Waals surface area (Å²) in [5.41, 5.74) is 5.39. The van der Waals surface area contributed by atoms with Crippen LogP contribution in [0.25, 0.3) is 0 Å². The van der Waals surface area contributed by atoms with E-state index in [9.17, 15) is 13.6 Å². The highest BCUT2D eigenvalue weighted by molar-refractivity contribution is 5.94. The van der Waals surface area contributed by atoms with Crippen LogP contribution in [0.2, 0.25) is 0 Å². The smallest absolute Gasteiger partial charge is 0.256 e. The number of likely N-dealkylation sites (tertiary alicyclic amines) is 1. The maximum absolute atomic E-state index is 13.5. The van der Waals surface area contributed by atoms with Gasteiger partial charge >= 0.3 is 0 Å². The van der Waals surface area contributed by atoms with E-state index < -0.39 is 17.5 Å². The predicted octanol–water partition coefficient (Wildman–Crippen LogP) is 1.78. The maximum atomic E-state index is 13.5. The summed E-state index contributed by atoms with van der Waals surface area (Å²) < 4.78 is 26.6. The van der Waals surface area contributed by atoms with Gasteiger partial charge in [-0.15, -0.1) is 0 Å². The third-order valence-electron chi connectivity index (χ3n) is 3.30. The number of piperidine rings is 1. The molecule has 0 spiro atoms. The van der Waals surface area contributed by atoms with Crippen molar-refractivity contribution in [1.29, 1.82) is 0 Å². The first-order valence-electron chi connectivity index (χ1n) is 6.06. The number of hydrogen-bond donors (Lipinski definition) is 1. The van der Waals surface area contributed by atoms with E-state index in [0.29, 0.717) is 19.6 Å². The van der Waals surface area contributed by atoms with Crippen molar-refractivity contribution in [3.63, 3.8) is 0 Å². The Labute approximate surface area is 105 Å². The van der Waals surface area contributed by atoms with Crippen LogP contribution in [0.1, 0.15) is 23.2 Å². The van der Waals surface area contributed by atoms with Crippen molar-refractivity contribution < 1.29 is 13.6 Å². The molecule has 1 unspecified atom stereocenters. The first kappa shape index (κ1) is 13.0. The molecule has 1 aromatic carbocycles. The van der Waals surface area contributed by atoms with E-state index in [1.54, 1.807) is 4.90 Å². The zero-order valence-corrected chi connectivity index (χ0v) is 10.0. The molecule has 1 heterocycles. The minimum Gasteiger partial charge on any atom is -0.338 e. The highest BCUT2D eigenvalue weighted by atomic mass is 19.1. The monoisotopic (exact) mass is 254 g/mol. The van der Waals surface area contributed by atoms with Gasteiger partial charge in [0.2, 0.25) is 0 Å². The SMILES string of the molecule is NCC1CCCN(C(=O)c2cc(F)ccc2F)C1. The fourth-order valence-electron chi connectivity index (χ4n) is 2.27. The molecular weight excluding hydrogens is 238 g/mol. The molecule has 98 valence electrons. The van der Waals surface area contributed by atoms with E-state index in [4.69, 9.17) is 5.73 Å². The molecule has 0 aliphatic carbocycles. The molecule has 1 fully saturated rings. The third kappa shape index (κ3) is 2.67. The van der Waals surface area contributed by atoms with Crippen LogP contribution in [0, 0.1) is 17.6 Å². The number of carbonyl (C=O) groups excluding carboxylic acids is 1. The lowest BCUT2D eigenvalue weighted by Crippen LogP contribution is -2.42. The Balaban J connectivity index is 2.17. The summed E-state index contributed by atoms with van der Waals surface area (Å²) in [5.74, 6) is -1.49. The van der Waals surface area contributed by atoms with Gasteiger partial charge in [-0.2, -0.15) is 0 Å². The first-order valence-corrected chi connectivity index (χ1v) is 6.06. The molecule has 0 aromatic heterocycles. The molecule has 1 aromatic rings. The minimum absolute atomic E-state index is 0.201. The molecule has 1 aliphatic heterocycles. The largest absolute Gasteiger partial charge is 0.338 e. The number of halogens is 2. The molecule has 5 heteroatoms. The number of benzene rings is 1. The number of carbonyl (C=O) groups is 1. The van der Waals surface area contributed by atoms with Gasteiger partial charge in [0.25, 0.3) is 5.91 Å². The summed E-state index contributed by atoms with van der Waals surface area (Å²) in [6, 6.07) is 2.93. The molecule has 1 atom stereocenters. The van der Waals surface area contributed by atoms with E-state index in [2.05, 4.69) is 0 Å². The Hall–Kier alpha value is -1.49. The van der Waals surface area contributed by atoms with E-state index in [1.165, 1.54) is 0 Å². The lowest BCUT2D eigenvalue weighted by molar-refractivity contribution is 0.0673. The Bertz CT molecular complexity index is 451. The maximum Gasteiger partial charge on any atom is 0.256 e. The van der Waals surface area contributed by atoms with E-state index in [1.807, 2.05) is 0 Å². The van der Waals surface area contributed by atoms with Crippen molar-refractivity contribution >= 4 is 5.91 Å². The molecule has 2 N–H and O–H groups in total. The summed E-state index contributed by atoms with van der Waals surface area (Å²) >= 11 is 0. The van der Waals surface area contributed by atoms with Crippen molar-refractivity contribution in [1.82, 2.24) is 4.90 Å². The zero-order valence-electron chi connectivity index (χ0n) is 10.0. The van der Waals surface area contributed by atoms with Crippen molar-refractivity contribution in [2.24, 2.45) is 11.7 Å². The standard InChI is InChI=1S/C13H16F2N2O/c14-10-3-4-12(15)11(6-10)13(18)17-5-1-2-9(7-16)8-17/h3-4,6,9H,1-2,5,7-8,16H2. The number of nitrogens with two attached hydrogens (primary N) is 1. The van der Waals surface area contributed by atoms with Gasteiger partial charge in [-0.3, -0.25) is 4.79 Å². The molecular formula is C13H16F2N2O.